The molecule has 144 valence electrons. The molecule has 28 heavy (non-hydrogen) atoms. The maximum absolute atomic E-state index is 13.2. The van der Waals surface area contributed by atoms with Crippen molar-refractivity contribution in [3.8, 4) is 0 Å². The van der Waals surface area contributed by atoms with Crippen molar-refractivity contribution in [2.75, 3.05) is 7.11 Å². The molecule has 1 aromatic heterocycles. The smallest absolute Gasteiger partial charge is 0.416 e. The fourth-order valence-electron chi connectivity index (χ4n) is 2.67. The third-order valence-electron chi connectivity index (χ3n) is 3.99. The van der Waals surface area contributed by atoms with Crippen molar-refractivity contribution in [3.05, 3.63) is 83.2 Å². The number of alkyl halides is 3. The van der Waals surface area contributed by atoms with E-state index in [2.05, 4.69) is 10.3 Å². The van der Waals surface area contributed by atoms with Crippen LogP contribution in [0.2, 0.25) is 0 Å². The molecule has 0 bridgehead atoms. The van der Waals surface area contributed by atoms with Gasteiger partial charge in [-0.3, -0.25) is 0 Å². The summed E-state index contributed by atoms with van der Waals surface area (Å²) in [5, 5.41) is 7.80. The van der Waals surface area contributed by atoms with Gasteiger partial charge in [-0.25, -0.2) is 9.48 Å². The molecule has 0 aliphatic rings. The van der Waals surface area contributed by atoms with Gasteiger partial charge < -0.3 is 4.74 Å². The van der Waals surface area contributed by atoms with E-state index in [0.717, 1.165) is 11.6 Å². The second-order valence-electron chi connectivity index (χ2n) is 5.92. The zero-order valence-corrected chi connectivity index (χ0v) is 14.8. The molecule has 3 rings (SSSR count). The first kappa shape index (κ1) is 19.3. The molecule has 0 aliphatic heterocycles. The fourth-order valence-corrected chi connectivity index (χ4v) is 2.67. The fraction of sp³-hybridized carbons (Fsp3) is 0.150. The van der Waals surface area contributed by atoms with Crippen LogP contribution in [0.25, 0.3) is 11.6 Å². The Hall–Kier alpha value is -3.42. The molecule has 0 radical (unpaired) electrons. The van der Waals surface area contributed by atoms with E-state index in [1.807, 2.05) is 18.2 Å². The molecule has 8 heteroatoms. The maximum atomic E-state index is 13.2. The molecule has 0 saturated heterocycles. The largest absolute Gasteiger partial charge is 0.465 e. The number of benzene rings is 2. The molecule has 2 aromatic carbocycles. The van der Waals surface area contributed by atoms with Crippen molar-refractivity contribution in [3.63, 3.8) is 0 Å². The van der Waals surface area contributed by atoms with E-state index in [1.54, 1.807) is 18.2 Å². The molecular weight excluding hydrogens is 371 g/mol. The zero-order chi connectivity index (χ0) is 20.1. The van der Waals surface area contributed by atoms with Crippen molar-refractivity contribution in [2.45, 2.75) is 12.7 Å². The molecule has 0 fully saturated rings. The van der Waals surface area contributed by atoms with Gasteiger partial charge in [-0.05, 0) is 23.3 Å². The van der Waals surface area contributed by atoms with Gasteiger partial charge in [0.15, 0.2) is 0 Å². The third-order valence-corrected chi connectivity index (χ3v) is 3.99. The number of methoxy groups -OCH3 is 1. The summed E-state index contributed by atoms with van der Waals surface area (Å²) >= 11 is 0. The Kier molecular flexibility index (Phi) is 5.58. The van der Waals surface area contributed by atoms with E-state index in [4.69, 9.17) is 4.74 Å². The van der Waals surface area contributed by atoms with Crippen molar-refractivity contribution in [2.24, 2.45) is 0 Å². The van der Waals surface area contributed by atoms with Crippen LogP contribution in [0.4, 0.5) is 13.2 Å². The first-order chi connectivity index (χ1) is 13.4. The quantitative estimate of drug-likeness (QED) is 0.489. The number of nitrogens with zero attached hydrogens (tertiary/aromatic N) is 3. The number of carbonyl (C=O) groups is 1. The first-order valence-electron chi connectivity index (χ1n) is 8.29. The first-order valence-corrected chi connectivity index (χ1v) is 8.29. The highest BCUT2D eigenvalue weighted by molar-refractivity contribution is 6.20. The van der Waals surface area contributed by atoms with Crippen LogP contribution in [0.1, 0.15) is 22.4 Å². The number of rotatable bonds is 5. The Morgan fingerprint density at radius 2 is 1.79 bits per heavy atom. The van der Waals surface area contributed by atoms with E-state index < -0.39 is 17.7 Å². The van der Waals surface area contributed by atoms with Crippen LogP contribution >= 0.6 is 0 Å². The van der Waals surface area contributed by atoms with E-state index in [0.29, 0.717) is 0 Å². The topological polar surface area (TPSA) is 57.0 Å². The van der Waals surface area contributed by atoms with E-state index in [1.165, 1.54) is 36.2 Å². The number of ether oxygens (including phenoxy) is 1. The summed E-state index contributed by atoms with van der Waals surface area (Å²) in [6.07, 6.45) is -1.47. The predicted octanol–water partition coefficient (Wildman–Crippen LogP) is 4.06. The van der Waals surface area contributed by atoms with Crippen molar-refractivity contribution < 1.29 is 22.7 Å². The Morgan fingerprint density at radius 3 is 2.46 bits per heavy atom. The minimum atomic E-state index is -4.47. The van der Waals surface area contributed by atoms with Crippen LogP contribution in [-0.4, -0.2) is 28.1 Å². The van der Waals surface area contributed by atoms with Gasteiger partial charge in [0.2, 0.25) is 0 Å². The lowest BCUT2D eigenvalue weighted by Crippen LogP contribution is -2.12. The lowest BCUT2D eigenvalue weighted by Gasteiger charge is -2.12. The lowest BCUT2D eigenvalue weighted by atomic mass is 10.1. The van der Waals surface area contributed by atoms with Crippen LogP contribution in [0.5, 0.6) is 0 Å². The minimum Gasteiger partial charge on any atom is -0.465 e. The Labute approximate surface area is 159 Å². The highest BCUT2D eigenvalue weighted by atomic mass is 19.4. The average Bonchev–Trinajstić information content (AvgIpc) is 3.14. The van der Waals surface area contributed by atoms with Gasteiger partial charge in [-0.15, -0.1) is 5.10 Å². The number of hydrogen-bond acceptors (Lipinski definition) is 4. The van der Waals surface area contributed by atoms with Gasteiger partial charge in [-0.2, -0.15) is 13.2 Å². The summed E-state index contributed by atoms with van der Waals surface area (Å²) in [5.41, 5.74) is 0.433. The van der Waals surface area contributed by atoms with E-state index >= 15 is 0 Å². The SMILES string of the molecule is COC(=O)C(=Cc1ccccc1)c1cn(Cc2ccccc2C(F)(F)F)nn1. The van der Waals surface area contributed by atoms with E-state index in [9.17, 15) is 18.0 Å². The Balaban J connectivity index is 1.92. The monoisotopic (exact) mass is 387 g/mol. The molecule has 0 saturated carbocycles. The van der Waals surface area contributed by atoms with Crippen LogP contribution < -0.4 is 0 Å². The van der Waals surface area contributed by atoms with Crippen LogP contribution in [0, 0.1) is 0 Å². The molecule has 0 amide bonds. The number of esters is 1. The molecule has 0 aliphatic carbocycles. The summed E-state index contributed by atoms with van der Waals surface area (Å²) < 4.78 is 45.5. The van der Waals surface area contributed by atoms with E-state index in [-0.39, 0.29) is 23.4 Å². The summed E-state index contributed by atoms with van der Waals surface area (Å²) in [7, 11) is 1.24. The molecular formula is C20H16F3N3O2. The van der Waals surface area contributed by atoms with Gasteiger partial charge >= 0.3 is 12.1 Å². The van der Waals surface area contributed by atoms with Crippen LogP contribution in [0.3, 0.4) is 0 Å². The molecule has 0 spiro atoms. The standard InChI is InChI=1S/C20H16F3N3O2/c1-28-19(27)16(11-14-7-3-2-4-8-14)18-13-26(25-24-18)12-15-9-5-6-10-17(15)20(21,22)23/h2-11,13H,12H2,1H3. The van der Waals surface area contributed by atoms with Crippen molar-refractivity contribution in [1.29, 1.82) is 0 Å². The molecule has 5 nitrogen and oxygen atoms in total. The van der Waals surface area contributed by atoms with Crippen LogP contribution in [-0.2, 0) is 22.3 Å². The van der Waals surface area contributed by atoms with Gasteiger partial charge in [0.1, 0.15) is 5.69 Å². The summed E-state index contributed by atoms with van der Waals surface area (Å²) in [4.78, 5) is 12.2. The maximum Gasteiger partial charge on any atom is 0.416 e. The Morgan fingerprint density at radius 1 is 1.11 bits per heavy atom. The normalized spacial score (nSPS) is 12.1. The average molecular weight is 387 g/mol. The summed E-state index contributed by atoms with van der Waals surface area (Å²) in [5.74, 6) is -0.619. The number of hydrogen-bond donors (Lipinski definition) is 0. The lowest BCUT2D eigenvalue weighted by molar-refractivity contribution is -0.138. The Bertz CT molecular complexity index is 995. The number of carbonyl (C=O) groups excluding carboxylic acids is 1. The minimum absolute atomic E-state index is 0.0538. The molecule has 3 aromatic rings. The second-order valence-corrected chi connectivity index (χ2v) is 5.92. The van der Waals surface area contributed by atoms with Crippen LogP contribution in [0.15, 0.2) is 60.8 Å². The molecule has 0 atom stereocenters. The number of aromatic nitrogens is 3. The highest BCUT2D eigenvalue weighted by Crippen LogP contribution is 2.32. The highest BCUT2D eigenvalue weighted by Gasteiger charge is 2.33. The van der Waals surface area contributed by atoms with Gasteiger partial charge in [0.25, 0.3) is 0 Å². The molecule has 1 heterocycles. The summed E-state index contributed by atoms with van der Waals surface area (Å²) in [6, 6.07) is 14.3. The van der Waals surface area contributed by atoms with Crippen molar-refractivity contribution in [1.82, 2.24) is 15.0 Å². The predicted molar refractivity (Wildman–Crippen MR) is 96.9 cm³/mol. The van der Waals surface area contributed by atoms with Crippen molar-refractivity contribution >= 4 is 17.6 Å². The molecule has 0 unspecified atom stereocenters. The van der Waals surface area contributed by atoms with Gasteiger partial charge in [-0.1, -0.05) is 53.7 Å². The number of halogens is 3. The zero-order valence-electron chi connectivity index (χ0n) is 14.8. The second kappa shape index (κ2) is 8.08. The van der Waals surface area contributed by atoms with Gasteiger partial charge in [0, 0.05) is 0 Å². The molecule has 0 N–H and O–H groups in total. The summed E-state index contributed by atoms with van der Waals surface area (Å²) in [6.45, 7) is -0.136. The third kappa shape index (κ3) is 4.46. The van der Waals surface area contributed by atoms with Gasteiger partial charge in [0.05, 0.1) is 31.0 Å².